The van der Waals surface area contributed by atoms with Gasteiger partial charge in [0.15, 0.2) is 5.82 Å². The van der Waals surface area contributed by atoms with Crippen LogP contribution in [0, 0.1) is 11.6 Å². The number of carbonyl (C=O) groups excluding carboxylic acids is 2. The molecule has 2 amide bonds. The van der Waals surface area contributed by atoms with Gasteiger partial charge in [-0.3, -0.25) is 14.7 Å². The molecule has 1 aliphatic heterocycles. The number of halogens is 2. The van der Waals surface area contributed by atoms with Crippen LogP contribution in [0.15, 0.2) is 41.3 Å². The summed E-state index contributed by atoms with van der Waals surface area (Å²) in [6.45, 7) is 5.60. The van der Waals surface area contributed by atoms with Gasteiger partial charge in [0.05, 0.1) is 22.2 Å². The number of carbonyl (C=O) groups is 2. The van der Waals surface area contributed by atoms with Crippen molar-refractivity contribution in [2.75, 3.05) is 55.8 Å². The van der Waals surface area contributed by atoms with E-state index < -0.39 is 44.4 Å². The van der Waals surface area contributed by atoms with Gasteiger partial charge >= 0.3 is 0 Å². The molecule has 43 heavy (non-hydrogen) atoms. The zero-order valence-electron chi connectivity index (χ0n) is 24.4. The zero-order chi connectivity index (χ0) is 31.5. The van der Waals surface area contributed by atoms with Crippen molar-refractivity contribution in [3.63, 3.8) is 0 Å². The molecule has 0 unspecified atom stereocenters. The minimum absolute atomic E-state index is 0.0414. The molecule has 5 N–H and O–H groups in total. The van der Waals surface area contributed by atoms with E-state index in [2.05, 4.69) is 30.6 Å². The fourth-order valence-corrected chi connectivity index (χ4v) is 6.10. The molecule has 4 rings (SSSR count). The minimum atomic E-state index is -4.25. The summed E-state index contributed by atoms with van der Waals surface area (Å²) in [6, 6.07) is 6.37. The van der Waals surface area contributed by atoms with Gasteiger partial charge in [0.2, 0.25) is 15.9 Å². The van der Waals surface area contributed by atoms with Gasteiger partial charge in [0, 0.05) is 62.2 Å². The monoisotopic (exact) mass is 618 g/mol. The van der Waals surface area contributed by atoms with E-state index >= 15 is 0 Å². The number of nitrogens with one attached hydrogen (secondary N) is 3. The van der Waals surface area contributed by atoms with Gasteiger partial charge in [-0.05, 0) is 58.3 Å². The summed E-state index contributed by atoms with van der Waals surface area (Å²) in [5, 5.41) is 12.5. The van der Waals surface area contributed by atoms with Crippen LogP contribution in [0.5, 0.6) is 0 Å². The zero-order valence-corrected chi connectivity index (χ0v) is 25.3. The predicted molar refractivity (Wildman–Crippen MR) is 159 cm³/mol. The van der Waals surface area contributed by atoms with Gasteiger partial charge in [0.1, 0.15) is 11.6 Å². The molecule has 0 spiro atoms. The van der Waals surface area contributed by atoms with Crippen LogP contribution < -0.4 is 21.3 Å². The maximum absolute atomic E-state index is 13.8. The molecular weight excluding hydrogens is 582 g/mol. The van der Waals surface area contributed by atoms with Crippen molar-refractivity contribution in [2.24, 2.45) is 5.73 Å². The molecule has 1 aliphatic rings. The Morgan fingerprint density at radius 2 is 1.81 bits per heavy atom. The van der Waals surface area contributed by atoms with Crippen LogP contribution in [0.3, 0.4) is 0 Å². The maximum atomic E-state index is 13.8. The van der Waals surface area contributed by atoms with Crippen LogP contribution in [0.25, 0.3) is 0 Å². The highest BCUT2D eigenvalue weighted by Gasteiger charge is 2.32. The van der Waals surface area contributed by atoms with Crippen molar-refractivity contribution in [3.8, 4) is 0 Å². The SMILES string of the molecule is CCN(CCN(C)C)c1ccc(C(=O)Nc2n[nH]c3c2CN(S(=O)(=O)c2cc(F)cc(F)c2)CC3)c(NC(=O)[C@H](C)N)c1. The maximum Gasteiger partial charge on any atom is 0.258 e. The Labute approximate surface area is 249 Å². The van der Waals surface area contributed by atoms with Gasteiger partial charge in [0.25, 0.3) is 5.91 Å². The Kier molecular flexibility index (Phi) is 9.79. The first-order valence-electron chi connectivity index (χ1n) is 13.7. The summed E-state index contributed by atoms with van der Waals surface area (Å²) in [5.41, 5.74) is 8.00. The molecule has 15 heteroatoms. The number of amides is 2. The Hall–Kier alpha value is -3.92. The molecule has 0 bridgehead atoms. The molecule has 12 nitrogen and oxygen atoms in total. The average Bonchev–Trinajstić information content (AvgIpc) is 3.34. The van der Waals surface area contributed by atoms with Crippen molar-refractivity contribution in [1.82, 2.24) is 19.4 Å². The summed E-state index contributed by atoms with van der Waals surface area (Å²) in [7, 11) is -0.304. The molecule has 2 heterocycles. The normalized spacial score (nSPS) is 14.3. The quantitative estimate of drug-likeness (QED) is 0.255. The van der Waals surface area contributed by atoms with Crippen LogP contribution >= 0.6 is 0 Å². The van der Waals surface area contributed by atoms with Gasteiger partial charge in [-0.2, -0.15) is 9.40 Å². The van der Waals surface area contributed by atoms with Crippen molar-refractivity contribution < 1.29 is 26.8 Å². The molecule has 0 radical (unpaired) electrons. The van der Waals surface area contributed by atoms with Gasteiger partial charge in [-0.1, -0.05) is 0 Å². The van der Waals surface area contributed by atoms with Crippen LogP contribution in [-0.2, 0) is 27.8 Å². The van der Waals surface area contributed by atoms with E-state index in [-0.39, 0.29) is 36.6 Å². The molecule has 1 aromatic heterocycles. The number of hydrogen-bond donors (Lipinski definition) is 4. The number of nitrogens with two attached hydrogens (primary N) is 1. The van der Waals surface area contributed by atoms with Crippen molar-refractivity contribution >= 4 is 39.0 Å². The van der Waals surface area contributed by atoms with E-state index in [9.17, 15) is 26.8 Å². The van der Waals surface area contributed by atoms with Crippen LogP contribution in [0.4, 0.5) is 26.0 Å². The Balaban J connectivity index is 1.60. The number of hydrogen-bond acceptors (Lipinski definition) is 8. The minimum Gasteiger partial charge on any atom is -0.370 e. The van der Waals surface area contributed by atoms with E-state index in [4.69, 9.17) is 5.73 Å². The predicted octanol–water partition coefficient (Wildman–Crippen LogP) is 2.36. The number of nitrogens with zero attached hydrogens (tertiary/aromatic N) is 4. The summed E-state index contributed by atoms with van der Waals surface area (Å²) in [4.78, 5) is 29.7. The molecule has 232 valence electrons. The summed E-state index contributed by atoms with van der Waals surface area (Å²) < 4.78 is 55.0. The Morgan fingerprint density at radius 3 is 2.44 bits per heavy atom. The Bertz CT molecular complexity index is 1590. The number of anilines is 3. The van der Waals surface area contributed by atoms with E-state index in [0.29, 0.717) is 23.9 Å². The average molecular weight is 619 g/mol. The van der Waals surface area contributed by atoms with E-state index in [1.807, 2.05) is 21.0 Å². The standard InChI is InChI=1S/C28H36F2N8O4S/c1-5-37(11-10-36(3)4)20-6-7-22(25(15-20)32-27(39)17(2)31)28(40)33-26-23-16-38(9-8-24(23)34-35-26)43(41,42)21-13-18(29)12-19(30)14-21/h6-7,12-15,17H,5,8-11,16,31H2,1-4H3,(H,32,39)(H2,33,34,35,40)/t17-/m0/s1. The highest BCUT2D eigenvalue weighted by molar-refractivity contribution is 7.89. The second-order valence-corrected chi connectivity index (χ2v) is 12.5. The lowest BCUT2D eigenvalue weighted by atomic mass is 10.1. The fraction of sp³-hybridized carbons (Fsp3) is 0.393. The summed E-state index contributed by atoms with van der Waals surface area (Å²) in [5.74, 6) is -2.99. The molecule has 3 aromatic rings. The third kappa shape index (κ3) is 7.36. The van der Waals surface area contributed by atoms with E-state index in [1.54, 1.807) is 18.2 Å². The molecule has 0 saturated heterocycles. The lowest BCUT2D eigenvalue weighted by Crippen LogP contribution is -2.36. The highest BCUT2D eigenvalue weighted by atomic mass is 32.2. The first-order valence-corrected chi connectivity index (χ1v) is 15.2. The number of sulfonamides is 1. The molecule has 0 saturated carbocycles. The lowest BCUT2D eigenvalue weighted by molar-refractivity contribution is -0.117. The lowest BCUT2D eigenvalue weighted by Gasteiger charge is -2.27. The molecule has 0 fully saturated rings. The number of fused-ring (bicyclic) bond motifs is 1. The number of likely N-dealkylation sites (N-methyl/N-ethyl adjacent to an activating group) is 2. The smallest absolute Gasteiger partial charge is 0.258 e. The molecular formula is C28H36F2N8O4S. The highest BCUT2D eigenvalue weighted by Crippen LogP contribution is 2.30. The second-order valence-electron chi connectivity index (χ2n) is 10.6. The number of rotatable bonds is 11. The van der Waals surface area contributed by atoms with Crippen molar-refractivity contribution in [2.45, 2.75) is 37.8 Å². The topological polar surface area (TPSA) is 157 Å². The first-order chi connectivity index (χ1) is 20.3. The third-order valence-corrected chi connectivity index (χ3v) is 8.91. The second kappa shape index (κ2) is 13.2. The third-order valence-electron chi connectivity index (χ3n) is 7.09. The molecule has 2 aromatic carbocycles. The van der Waals surface area contributed by atoms with E-state index in [1.165, 1.54) is 6.92 Å². The van der Waals surface area contributed by atoms with Gasteiger partial charge < -0.3 is 26.2 Å². The van der Waals surface area contributed by atoms with Gasteiger partial charge in [-0.25, -0.2) is 17.2 Å². The van der Waals surface area contributed by atoms with E-state index in [0.717, 1.165) is 35.2 Å². The van der Waals surface area contributed by atoms with Crippen LogP contribution in [-0.4, -0.2) is 86.0 Å². The number of aromatic nitrogens is 2. The first kappa shape index (κ1) is 32.0. The van der Waals surface area contributed by atoms with Crippen molar-refractivity contribution in [3.05, 3.63) is 64.9 Å². The fourth-order valence-electron chi connectivity index (χ4n) is 4.65. The van der Waals surface area contributed by atoms with Crippen LogP contribution in [0.2, 0.25) is 0 Å². The summed E-state index contributed by atoms with van der Waals surface area (Å²) in [6.07, 6.45) is 0.236. The number of benzene rings is 2. The largest absolute Gasteiger partial charge is 0.370 e. The summed E-state index contributed by atoms with van der Waals surface area (Å²) >= 11 is 0. The Morgan fingerprint density at radius 1 is 1.12 bits per heavy atom. The number of aromatic amines is 1. The van der Waals surface area contributed by atoms with Gasteiger partial charge in [-0.15, -0.1) is 0 Å². The van der Waals surface area contributed by atoms with Crippen LogP contribution in [0.1, 0.15) is 35.5 Å². The van der Waals surface area contributed by atoms with Crippen molar-refractivity contribution in [1.29, 1.82) is 0 Å². The molecule has 1 atom stereocenters. The number of H-pyrrole nitrogens is 1. The molecule has 0 aliphatic carbocycles.